The summed E-state index contributed by atoms with van der Waals surface area (Å²) < 4.78 is 65.7. The number of anilines is 1. The maximum absolute atomic E-state index is 12.9. The van der Waals surface area contributed by atoms with Crippen LogP contribution in [0.4, 0.5) is 18.9 Å². The molecule has 0 fully saturated rings. The lowest BCUT2D eigenvalue weighted by Crippen LogP contribution is -2.30. The van der Waals surface area contributed by atoms with E-state index in [1.807, 2.05) is 13.8 Å². The Kier molecular flexibility index (Phi) is 6.61. The van der Waals surface area contributed by atoms with Crippen LogP contribution >= 0.6 is 11.6 Å². The quantitative estimate of drug-likeness (QED) is 0.720. The summed E-state index contributed by atoms with van der Waals surface area (Å²) >= 11 is 5.79. The number of hydrogen-bond donors (Lipinski definition) is 1. The predicted molar refractivity (Wildman–Crippen MR) is 101 cm³/mol. The van der Waals surface area contributed by atoms with Crippen LogP contribution in [0.25, 0.3) is 0 Å². The number of halogens is 4. The molecule has 0 bridgehead atoms. The zero-order valence-corrected chi connectivity index (χ0v) is 16.6. The highest BCUT2D eigenvalue weighted by Crippen LogP contribution is 2.34. The van der Waals surface area contributed by atoms with Gasteiger partial charge in [-0.25, -0.2) is 8.42 Å². The van der Waals surface area contributed by atoms with E-state index >= 15 is 0 Å². The summed E-state index contributed by atoms with van der Waals surface area (Å²) in [5.41, 5.74) is -0.675. The number of amides is 1. The second-order valence-corrected chi connectivity index (χ2v) is 7.86. The van der Waals surface area contributed by atoms with Gasteiger partial charge in [-0.3, -0.25) is 9.52 Å². The van der Waals surface area contributed by atoms with Crippen LogP contribution in [0.15, 0.2) is 47.4 Å². The predicted octanol–water partition coefficient (Wildman–Crippen LogP) is 4.64. The van der Waals surface area contributed by atoms with E-state index in [1.54, 1.807) is 4.90 Å². The smallest absolute Gasteiger partial charge is 0.339 e. The zero-order valence-electron chi connectivity index (χ0n) is 15.0. The van der Waals surface area contributed by atoms with Crippen molar-refractivity contribution in [2.45, 2.75) is 24.9 Å². The Bertz CT molecular complexity index is 957. The van der Waals surface area contributed by atoms with Gasteiger partial charge in [0.25, 0.3) is 15.9 Å². The van der Waals surface area contributed by atoms with Gasteiger partial charge in [0.1, 0.15) is 4.90 Å². The molecule has 1 N–H and O–H groups in total. The Balaban J connectivity index is 2.29. The Labute approximate surface area is 166 Å². The standard InChI is InChI=1S/C18H18ClF3N2O3S/c1-3-24(4-2)17(25)12-5-8-14(9-6-12)23-28(26,27)16-11-13(18(20,21)22)7-10-15(16)19/h5-11,23H,3-4H2,1-2H3. The van der Waals surface area contributed by atoms with Crippen molar-refractivity contribution in [3.8, 4) is 0 Å². The topological polar surface area (TPSA) is 66.5 Å². The normalized spacial score (nSPS) is 11.9. The monoisotopic (exact) mass is 434 g/mol. The molecule has 2 aromatic rings. The van der Waals surface area contributed by atoms with Crippen molar-refractivity contribution in [2.75, 3.05) is 17.8 Å². The summed E-state index contributed by atoms with van der Waals surface area (Å²) in [4.78, 5) is 13.2. The molecule has 0 atom stereocenters. The first-order valence-electron chi connectivity index (χ1n) is 8.28. The third kappa shape index (κ3) is 4.96. The molecule has 0 spiro atoms. The van der Waals surface area contributed by atoms with Crippen LogP contribution in [0.5, 0.6) is 0 Å². The van der Waals surface area contributed by atoms with E-state index in [0.717, 1.165) is 6.07 Å². The van der Waals surface area contributed by atoms with Crippen molar-refractivity contribution in [1.29, 1.82) is 0 Å². The molecule has 10 heteroatoms. The van der Waals surface area contributed by atoms with Crippen LogP contribution in [-0.4, -0.2) is 32.3 Å². The van der Waals surface area contributed by atoms with Crippen LogP contribution in [0, 0.1) is 0 Å². The lowest BCUT2D eigenvalue weighted by atomic mass is 10.2. The maximum Gasteiger partial charge on any atom is 0.416 e. The van der Waals surface area contributed by atoms with Crippen molar-refractivity contribution in [2.24, 2.45) is 0 Å². The number of nitrogens with zero attached hydrogens (tertiary/aromatic N) is 1. The molecule has 2 rings (SSSR count). The van der Waals surface area contributed by atoms with Gasteiger partial charge < -0.3 is 4.90 Å². The van der Waals surface area contributed by atoms with E-state index in [2.05, 4.69) is 4.72 Å². The van der Waals surface area contributed by atoms with E-state index in [-0.39, 0.29) is 16.6 Å². The van der Waals surface area contributed by atoms with Gasteiger partial charge in [0.15, 0.2) is 0 Å². The molecule has 28 heavy (non-hydrogen) atoms. The Morgan fingerprint density at radius 3 is 2.14 bits per heavy atom. The number of hydrogen-bond acceptors (Lipinski definition) is 3. The molecule has 0 aliphatic rings. The molecule has 0 radical (unpaired) electrons. The Morgan fingerprint density at radius 2 is 1.64 bits per heavy atom. The van der Waals surface area contributed by atoms with Gasteiger partial charge in [-0.2, -0.15) is 13.2 Å². The SMILES string of the molecule is CCN(CC)C(=O)c1ccc(NS(=O)(=O)c2cc(C(F)(F)F)ccc2Cl)cc1. The Morgan fingerprint density at radius 1 is 1.07 bits per heavy atom. The number of carbonyl (C=O) groups excluding carboxylic acids is 1. The number of carbonyl (C=O) groups is 1. The molecule has 0 saturated carbocycles. The number of nitrogens with one attached hydrogen (secondary N) is 1. The fourth-order valence-corrected chi connectivity index (χ4v) is 4.06. The minimum absolute atomic E-state index is 0.0876. The first kappa shape index (κ1) is 22.0. The van der Waals surface area contributed by atoms with Gasteiger partial charge in [0, 0.05) is 24.3 Å². The molecule has 1 amide bonds. The van der Waals surface area contributed by atoms with Crippen LogP contribution in [0.3, 0.4) is 0 Å². The number of sulfonamides is 1. The molecule has 152 valence electrons. The minimum Gasteiger partial charge on any atom is -0.339 e. The number of rotatable bonds is 6. The summed E-state index contributed by atoms with van der Waals surface area (Å²) in [6, 6.07) is 7.65. The summed E-state index contributed by atoms with van der Waals surface area (Å²) in [6.45, 7) is 4.72. The van der Waals surface area contributed by atoms with Crippen molar-refractivity contribution < 1.29 is 26.4 Å². The van der Waals surface area contributed by atoms with E-state index in [9.17, 15) is 26.4 Å². The zero-order chi connectivity index (χ0) is 21.1. The van der Waals surface area contributed by atoms with Crippen LogP contribution in [-0.2, 0) is 16.2 Å². The minimum atomic E-state index is -4.71. The summed E-state index contributed by atoms with van der Waals surface area (Å²) in [5, 5.41) is -0.339. The molecule has 5 nitrogen and oxygen atoms in total. The van der Waals surface area contributed by atoms with Crippen LogP contribution in [0.1, 0.15) is 29.8 Å². The van der Waals surface area contributed by atoms with Crippen molar-refractivity contribution in [1.82, 2.24) is 4.90 Å². The third-order valence-corrected chi connectivity index (χ3v) is 5.85. The van der Waals surface area contributed by atoms with Crippen molar-refractivity contribution >= 4 is 33.2 Å². The van der Waals surface area contributed by atoms with Gasteiger partial charge in [0.2, 0.25) is 0 Å². The lowest BCUT2D eigenvalue weighted by Gasteiger charge is -2.18. The van der Waals surface area contributed by atoms with E-state index in [4.69, 9.17) is 11.6 Å². The second kappa shape index (κ2) is 8.40. The number of benzene rings is 2. The summed E-state index contributed by atoms with van der Waals surface area (Å²) in [5.74, 6) is -0.208. The lowest BCUT2D eigenvalue weighted by molar-refractivity contribution is -0.137. The molecule has 0 heterocycles. The average molecular weight is 435 g/mol. The first-order valence-corrected chi connectivity index (χ1v) is 10.1. The second-order valence-electron chi connectivity index (χ2n) is 5.80. The van der Waals surface area contributed by atoms with Crippen molar-refractivity contribution in [3.05, 3.63) is 58.6 Å². The highest BCUT2D eigenvalue weighted by atomic mass is 35.5. The van der Waals surface area contributed by atoms with E-state index in [1.165, 1.54) is 24.3 Å². The van der Waals surface area contributed by atoms with Gasteiger partial charge in [-0.05, 0) is 56.3 Å². The first-order chi connectivity index (χ1) is 13.0. The highest BCUT2D eigenvalue weighted by Gasteiger charge is 2.32. The molecule has 0 aliphatic carbocycles. The molecular weight excluding hydrogens is 417 g/mol. The Hall–Kier alpha value is -2.26. The van der Waals surface area contributed by atoms with E-state index < -0.39 is 26.7 Å². The van der Waals surface area contributed by atoms with E-state index in [0.29, 0.717) is 30.8 Å². The summed E-state index contributed by atoms with van der Waals surface area (Å²) in [7, 11) is -4.36. The highest BCUT2D eigenvalue weighted by molar-refractivity contribution is 7.92. The van der Waals surface area contributed by atoms with Crippen LogP contribution in [0.2, 0.25) is 5.02 Å². The molecule has 0 aliphatic heterocycles. The van der Waals surface area contributed by atoms with Gasteiger partial charge >= 0.3 is 6.18 Å². The van der Waals surface area contributed by atoms with Gasteiger partial charge in [-0.15, -0.1) is 0 Å². The fourth-order valence-electron chi connectivity index (χ4n) is 2.47. The largest absolute Gasteiger partial charge is 0.416 e. The number of alkyl halides is 3. The average Bonchev–Trinajstić information content (AvgIpc) is 2.62. The molecule has 0 saturated heterocycles. The molecule has 0 aromatic heterocycles. The maximum atomic E-state index is 12.9. The molecule has 0 unspecified atom stereocenters. The van der Waals surface area contributed by atoms with Gasteiger partial charge in [-0.1, -0.05) is 11.6 Å². The fraction of sp³-hybridized carbons (Fsp3) is 0.278. The molecular formula is C18H18ClF3N2O3S. The third-order valence-electron chi connectivity index (χ3n) is 3.98. The van der Waals surface area contributed by atoms with Crippen molar-refractivity contribution in [3.63, 3.8) is 0 Å². The molecule has 2 aromatic carbocycles. The summed E-state index contributed by atoms with van der Waals surface area (Å²) in [6.07, 6.45) is -4.71. The van der Waals surface area contributed by atoms with Gasteiger partial charge in [0.05, 0.1) is 10.6 Å². The van der Waals surface area contributed by atoms with Crippen LogP contribution < -0.4 is 4.72 Å².